The highest BCUT2D eigenvalue weighted by Crippen LogP contribution is 2.37. The summed E-state index contributed by atoms with van der Waals surface area (Å²) in [4.78, 5) is 30.8. The first-order valence-electron chi connectivity index (χ1n) is 11.7. The van der Waals surface area contributed by atoms with Crippen LogP contribution < -0.4 is 9.64 Å². The summed E-state index contributed by atoms with van der Waals surface area (Å²) in [7, 11) is 0. The minimum absolute atomic E-state index is 0.227. The fourth-order valence-corrected chi connectivity index (χ4v) is 4.52. The average molecular weight is 433 g/mol. The molecular formula is C27H32N2O3. The number of nitrogens with zero attached hydrogens (tertiary/aromatic N) is 2. The number of benzene rings is 2. The topological polar surface area (TPSA) is 49.9 Å². The molecule has 1 unspecified atom stereocenters. The molecule has 0 aromatic heterocycles. The lowest BCUT2D eigenvalue weighted by molar-refractivity contribution is -0.120. The van der Waals surface area contributed by atoms with Crippen LogP contribution in [0.4, 0.5) is 5.69 Å². The number of hydrogen-bond donors (Lipinski definition) is 0. The summed E-state index contributed by atoms with van der Waals surface area (Å²) in [5.41, 5.74) is 3.58. The number of imide groups is 1. The summed E-state index contributed by atoms with van der Waals surface area (Å²) >= 11 is 0. The van der Waals surface area contributed by atoms with Crippen molar-refractivity contribution in [3.05, 3.63) is 65.4 Å². The lowest BCUT2D eigenvalue weighted by Crippen LogP contribution is -2.39. The number of carbonyl (C=O) groups is 2. The molecule has 2 aliphatic heterocycles. The van der Waals surface area contributed by atoms with Gasteiger partial charge in [0, 0.05) is 13.1 Å². The second kappa shape index (κ2) is 9.60. The fourth-order valence-electron chi connectivity index (χ4n) is 4.52. The van der Waals surface area contributed by atoms with E-state index in [2.05, 4.69) is 25.7 Å². The normalized spacial score (nSPS) is 19.2. The van der Waals surface area contributed by atoms with E-state index in [0.717, 1.165) is 50.1 Å². The number of amides is 2. The molecule has 4 rings (SSSR count). The maximum absolute atomic E-state index is 13.7. The van der Waals surface area contributed by atoms with Crippen molar-refractivity contribution in [3.8, 4) is 5.75 Å². The smallest absolute Gasteiger partial charge is 0.282 e. The molecule has 1 atom stereocenters. The Balaban J connectivity index is 1.73. The molecule has 1 saturated heterocycles. The van der Waals surface area contributed by atoms with Gasteiger partial charge in [-0.25, -0.2) is 4.90 Å². The predicted molar refractivity (Wildman–Crippen MR) is 127 cm³/mol. The SMILES string of the molecule is CCCOc1ccc(C2=C(N3CCCC(C)C3)C(=O)N(c3ccc(CC)cc3)C2=O)cc1. The van der Waals surface area contributed by atoms with Crippen LogP contribution in [0, 0.1) is 5.92 Å². The molecule has 0 N–H and O–H groups in total. The van der Waals surface area contributed by atoms with Gasteiger partial charge in [0.25, 0.3) is 11.8 Å². The van der Waals surface area contributed by atoms with Crippen LogP contribution in [0.3, 0.4) is 0 Å². The lowest BCUT2D eigenvalue weighted by atomic mass is 9.97. The van der Waals surface area contributed by atoms with E-state index in [4.69, 9.17) is 4.74 Å². The van der Waals surface area contributed by atoms with Crippen molar-refractivity contribution in [1.29, 1.82) is 0 Å². The lowest BCUT2D eigenvalue weighted by Gasteiger charge is -2.33. The number of rotatable bonds is 7. The Kier molecular flexibility index (Phi) is 6.63. The van der Waals surface area contributed by atoms with Gasteiger partial charge in [0.2, 0.25) is 0 Å². The van der Waals surface area contributed by atoms with Crippen LogP contribution in [-0.2, 0) is 16.0 Å². The molecule has 2 aliphatic rings. The van der Waals surface area contributed by atoms with Gasteiger partial charge in [-0.2, -0.15) is 0 Å². The van der Waals surface area contributed by atoms with Gasteiger partial charge in [0.1, 0.15) is 11.4 Å². The van der Waals surface area contributed by atoms with Gasteiger partial charge in [-0.05, 0) is 67.0 Å². The van der Waals surface area contributed by atoms with Crippen LogP contribution in [0.25, 0.3) is 5.57 Å². The maximum atomic E-state index is 13.7. The number of carbonyl (C=O) groups excluding carboxylic acids is 2. The molecule has 0 bridgehead atoms. The van der Waals surface area contributed by atoms with E-state index in [-0.39, 0.29) is 11.8 Å². The van der Waals surface area contributed by atoms with Crippen LogP contribution >= 0.6 is 0 Å². The van der Waals surface area contributed by atoms with Crippen LogP contribution in [0.1, 0.15) is 51.2 Å². The van der Waals surface area contributed by atoms with Gasteiger partial charge in [0.05, 0.1) is 17.9 Å². The molecule has 5 heteroatoms. The Hall–Kier alpha value is -3.08. The molecule has 1 fully saturated rings. The predicted octanol–water partition coefficient (Wildman–Crippen LogP) is 5.05. The Bertz CT molecular complexity index is 1010. The zero-order valence-electron chi connectivity index (χ0n) is 19.3. The molecule has 2 heterocycles. The van der Waals surface area contributed by atoms with Crippen molar-refractivity contribution >= 4 is 23.1 Å². The van der Waals surface area contributed by atoms with Gasteiger partial charge in [0.15, 0.2) is 0 Å². The van der Waals surface area contributed by atoms with E-state index < -0.39 is 0 Å². The Morgan fingerprint density at radius 3 is 2.31 bits per heavy atom. The third kappa shape index (κ3) is 4.29. The number of likely N-dealkylation sites (tertiary alicyclic amines) is 1. The van der Waals surface area contributed by atoms with Crippen molar-refractivity contribution in [1.82, 2.24) is 4.90 Å². The Morgan fingerprint density at radius 1 is 0.969 bits per heavy atom. The average Bonchev–Trinajstić information content (AvgIpc) is 3.08. The van der Waals surface area contributed by atoms with Crippen molar-refractivity contribution in [2.75, 3.05) is 24.6 Å². The summed E-state index contributed by atoms with van der Waals surface area (Å²) in [6, 6.07) is 15.2. The van der Waals surface area contributed by atoms with Gasteiger partial charge >= 0.3 is 0 Å². The number of piperidine rings is 1. The molecule has 2 aromatic rings. The largest absolute Gasteiger partial charge is 0.494 e. The number of ether oxygens (including phenoxy) is 1. The van der Waals surface area contributed by atoms with E-state index in [9.17, 15) is 9.59 Å². The second-order valence-corrected chi connectivity index (χ2v) is 8.76. The van der Waals surface area contributed by atoms with E-state index in [1.165, 1.54) is 10.5 Å². The van der Waals surface area contributed by atoms with Crippen LogP contribution in [0.2, 0.25) is 0 Å². The standard InChI is InChI=1S/C27H32N2O3/c1-4-17-32-23-14-10-21(11-15-23)24-25(28-16-6-7-19(3)18-28)27(31)29(26(24)30)22-12-8-20(5-2)9-13-22/h8-15,19H,4-7,16-18H2,1-3H3. The molecule has 5 nitrogen and oxygen atoms in total. The first-order valence-corrected chi connectivity index (χ1v) is 11.7. The summed E-state index contributed by atoms with van der Waals surface area (Å²) in [6.45, 7) is 8.59. The molecule has 0 radical (unpaired) electrons. The van der Waals surface area contributed by atoms with E-state index in [0.29, 0.717) is 29.5 Å². The number of hydrogen-bond acceptors (Lipinski definition) is 4. The molecule has 0 aliphatic carbocycles. The summed E-state index contributed by atoms with van der Waals surface area (Å²) in [5, 5.41) is 0. The van der Waals surface area contributed by atoms with Crippen LogP contribution in [0.5, 0.6) is 5.75 Å². The summed E-state index contributed by atoms with van der Waals surface area (Å²) in [6.07, 6.45) is 4.01. The van der Waals surface area contributed by atoms with Gasteiger partial charge in [-0.3, -0.25) is 9.59 Å². The highest BCUT2D eigenvalue weighted by Gasteiger charge is 2.43. The molecule has 0 saturated carbocycles. The van der Waals surface area contributed by atoms with Crippen molar-refractivity contribution in [2.24, 2.45) is 5.92 Å². The second-order valence-electron chi connectivity index (χ2n) is 8.76. The van der Waals surface area contributed by atoms with Crippen molar-refractivity contribution in [3.63, 3.8) is 0 Å². The monoisotopic (exact) mass is 432 g/mol. The number of anilines is 1. The van der Waals surface area contributed by atoms with Crippen LogP contribution in [-0.4, -0.2) is 36.4 Å². The summed E-state index contributed by atoms with van der Waals surface area (Å²) < 4.78 is 5.70. The Labute approximate surface area is 190 Å². The minimum atomic E-state index is -0.255. The van der Waals surface area contributed by atoms with Gasteiger partial charge in [-0.1, -0.05) is 45.0 Å². The van der Waals surface area contributed by atoms with E-state index >= 15 is 0 Å². The van der Waals surface area contributed by atoms with E-state index in [1.807, 2.05) is 48.5 Å². The zero-order chi connectivity index (χ0) is 22.7. The highest BCUT2D eigenvalue weighted by molar-refractivity contribution is 6.45. The minimum Gasteiger partial charge on any atom is -0.494 e. The maximum Gasteiger partial charge on any atom is 0.282 e. The first kappa shape index (κ1) is 22.1. The third-order valence-electron chi connectivity index (χ3n) is 6.25. The molecular weight excluding hydrogens is 400 g/mol. The van der Waals surface area contributed by atoms with Crippen molar-refractivity contribution in [2.45, 2.75) is 46.5 Å². The molecule has 32 heavy (non-hydrogen) atoms. The highest BCUT2D eigenvalue weighted by atomic mass is 16.5. The number of aryl methyl sites for hydroxylation is 1. The van der Waals surface area contributed by atoms with Gasteiger partial charge in [-0.15, -0.1) is 0 Å². The molecule has 2 amide bonds. The van der Waals surface area contributed by atoms with E-state index in [1.54, 1.807) is 0 Å². The fraction of sp³-hybridized carbons (Fsp3) is 0.407. The Morgan fingerprint density at radius 2 is 1.69 bits per heavy atom. The quantitative estimate of drug-likeness (QED) is 0.574. The van der Waals surface area contributed by atoms with Crippen molar-refractivity contribution < 1.29 is 14.3 Å². The molecule has 2 aromatic carbocycles. The first-order chi connectivity index (χ1) is 15.5. The molecule has 168 valence electrons. The van der Waals surface area contributed by atoms with Crippen LogP contribution in [0.15, 0.2) is 54.2 Å². The third-order valence-corrected chi connectivity index (χ3v) is 6.25. The summed E-state index contributed by atoms with van der Waals surface area (Å²) in [5.74, 6) is 0.778. The zero-order valence-corrected chi connectivity index (χ0v) is 19.3. The molecule has 0 spiro atoms. The van der Waals surface area contributed by atoms with Gasteiger partial charge < -0.3 is 9.64 Å².